The number of para-hydroxylation sites is 1. The van der Waals surface area contributed by atoms with Gasteiger partial charge in [-0.15, -0.1) is 0 Å². The molecule has 0 saturated carbocycles. The van der Waals surface area contributed by atoms with Gasteiger partial charge in [0.2, 0.25) is 5.91 Å². The molecule has 0 bridgehead atoms. The van der Waals surface area contributed by atoms with Crippen molar-refractivity contribution in [3.8, 4) is 6.07 Å². The van der Waals surface area contributed by atoms with Gasteiger partial charge < -0.3 is 5.32 Å². The van der Waals surface area contributed by atoms with Crippen LogP contribution in [-0.4, -0.2) is 14.3 Å². The van der Waals surface area contributed by atoms with Crippen LogP contribution in [0.3, 0.4) is 0 Å². The number of hydrogen-bond donors (Lipinski definition) is 2. The Morgan fingerprint density at radius 1 is 1.00 bits per heavy atom. The Hall–Kier alpha value is -3.34. The quantitative estimate of drug-likeness (QED) is 0.562. The molecule has 0 atom stereocenters. The second-order valence-corrected chi connectivity index (χ2v) is 8.56. The molecule has 8 heteroatoms. The minimum Gasteiger partial charge on any atom is -0.326 e. The number of halogens is 1. The Morgan fingerprint density at radius 2 is 1.73 bits per heavy atom. The van der Waals surface area contributed by atoms with Gasteiger partial charge in [-0.3, -0.25) is 9.52 Å². The molecule has 0 saturated heterocycles. The van der Waals surface area contributed by atoms with E-state index >= 15 is 0 Å². The number of amides is 1. The lowest BCUT2D eigenvalue weighted by atomic mass is 10.1. The molecule has 3 rings (SSSR count). The van der Waals surface area contributed by atoms with Gasteiger partial charge in [0.05, 0.1) is 27.2 Å². The summed E-state index contributed by atoms with van der Waals surface area (Å²) in [5.41, 5.74) is 2.15. The Bertz CT molecular complexity index is 1200. The van der Waals surface area contributed by atoms with Gasteiger partial charge in [0.1, 0.15) is 0 Å². The standard InChI is InChI=1S/C22H18ClN3O3S/c23-20-6-1-2-7-21(20)26-30(28,29)19-5-3-4-18(14-19)25-22(27)13-12-16-8-10-17(15-24)11-9-16/h1-11,14,26H,12-13H2,(H,25,27). The molecule has 0 heterocycles. The molecule has 0 spiro atoms. The highest BCUT2D eigenvalue weighted by Crippen LogP contribution is 2.25. The highest BCUT2D eigenvalue weighted by atomic mass is 35.5. The second-order valence-electron chi connectivity index (χ2n) is 6.47. The predicted molar refractivity (Wildman–Crippen MR) is 117 cm³/mol. The summed E-state index contributed by atoms with van der Waals surface area (Å²) in [6.07, 6.45) is 0.727. The Balaban J connectivity index is 1.65. The van der Waals surface area contributed by atoms with Crippen LogP contribution >= 0.6 is 11.6 Å². The van der Waals surface area contributed by atoms with E-state index in [1.54, 1.807) is 60.7 Å². The normalized spacial score (nSPS) is 10.8. The molecule has 30 heavy (non-hydrogen) atoms. The van der Waals surface area contributed by atoms with Crippen LogP contribution < -0.4 is 10.0 Å². The van der Waals surface area contributed by atoms with Crippen LogP contribution in [0.4, 0.5) is 11.4 Å². The number of rotatable bonds is 7. The van der Waals surface area contributed by atoms with Gasteiger partial charge in [-0.25, -0.2) is 8.42 Å². The van der Waals surface area contributed by atoms with Crippen LogP contribution in [0, 0.1) is 11.3 Å². The van der Waals surface area contributed by atoms with Crippen molar-refractivity contribution in [3.63, 3.8) is 0 Å². The fourth-order valence-electron chi connectivity index (χ4n) is 2.72. The average molecular weight is 440 g/mol. The number of carbonyl (C=O) groups excluding carboxylic acids is 1. The lowest BCUT2D eigenvalue weighted by molar-refractivity contribution is -0.116. The summed E-state index contributed by atoms with van der Waals surface area (Å²) in [5, 5.41) is 11.8. The zero-order valence-corrected chi connectivity index (χ0v) is 17.4. The molecule has 152 valence electrons. The first-order valence-electron chi connectivity index (χ1n) is 9.04. The predicted octanol–water partition coefficient (Wildman–Crippen LogP) is 4.58. The van der Waals surface area contributed by atoms with Gasteiger partial charge in [0, 0.05) is 12.1 Å². The number of sulfonamides is 1. The molecule has 2 N–H and O–H groups in total. The van der Waals surface area contributed by atoms with Crippen molar-refractivity contribution in [1.82, 2.24) is 0 Å². The third kappa shape index (κ3) is 5.60. The molecule has 0 aliphatic rings. The van der Waals surface area contributed by atoms with Gasteiger partial charge in [-0.05, 0) is 54.4 Å². The number of aryl methyl sites for hydroxylation is 1. The van der Waals surface area contributed by atoms with E-state index in [1.807, 2.05) is 6.07 Å². The number of hydrogen-bond acceptors (Lipinski definition) is 4. The Kier molecular flexibility index (Phi) is 6.72. The molecular formula is C22H18ClN3O3S. The molecule has 0 aromatic heterocycles. The summed E-state index contributed by atoms with van der Waals surface area (Å²) in [6, 6.07) is 21.6. The number of carbonyl (C=O) groups is 1. The third-order valence-electron chi connectivity index (χ3n) is 4.27. The summed E-state index contributed by atoms with van der Waals surface area (Å²) >= 11 is 6.02. The molecule has 3 aromatic rings. The largest absolute Gasteiger partial charge is 0.326 e. The van der Waals surface area contributed by atoms with Crippen molar-refractivity contribution >= 4 is 38.9 Å². The fourth-order valence-corrected chi connectivity index (χ4v) is 4.08. The van der Waals surface area contributed by atoms with Crippen molar-refractivity contribution in [2.24, 2.45) is 0 Å². The van der Waals surface area contributed by atoms with Crippen molar-refractivity contribution < 1.29 is 13.2 Å². The molecule has 3 aromatic carbocycles. The summed E-state index contributed by atoms with van der Waals surface area (Å²) in [4.78, 5) is 12.3. The van der Waals surface area contributed by atoms with E-state index in [9.17, 15) is 13.2 Å². The van der Waals surface area contributed by atoms with E-state index in [4.69, 9.17) is 16.9 Å². The summed E-state index contributed by atoms with van der Waals surface area (Å²) in [6.45, 7) is 0. The zero-order valence-electron chi connectivity index (χ0n) is 15.8. The fraction of sp³-hybridized carbons (Fsp3) is 0.0909. The van der Waals surface area contributed by atoms with Gasteiger partial charge in [-0.2, -0.15) is 5.26 Å². The Labute approximate surface area is 180 Å². The first kappa shape index (κ1) is 21.4. The van der Waals surface area contributed by atoms with E-state index in [0.717, 1.165) is 5.56 Å². The van der Waals surface area contributed by atoms with Crippen LogP contribution in [0.25, 0.3) is 0 Å². The van der Waals surface area contributed by atoms with Gasteiger partial charge in [0.25, 0.3) is 10.0 Å². The molecular weight excluding hydrogens is 422 g/mol. The van der Waals surface area contributed by atoms with Crippen LogP contribution in [0.1, 0.15) is 17.5 Å². The highest BCUT2D eigenvalue weighted by Gasteiger charge is 2.16. The maximum Gasteiger partial charge on any atom is 0.262 e. The van der Waals surface area contributed by atoms with Gasteiger partial charge in [0.15, 0.2) is 0 Å². The molecule has 0 aliphatic carbocycles. The van der Waals surface area contributed by atoms with Crippen LogP contribution in [0.5, 0.6) is 0 Å². The summed E-state index contributed by atoms with van der Waals surface area (Å²) < 4.78 is 27.7. The number of nitriles is 1. The van der Waals surface area contributed by atoms with Crippen molar-refractivity contribution in [1.29, 1.82) is 5.26 Å². The molecule has 6 nitrogen and oxygen atoms in total. The zero-order chi connectivity index (χ0) is 21.6. The summed E-state index contributed by atoms with van der Waals surface area (Å²) in [5.74, 6) is -0.243. The molecule has 1 amide bonds. The molecule has 0 aliphatic heterocycles. The number of nitrogens with one attached hydrogen (secondary N) is 2. The summed E-state index contributed by atoms with van der Waals surface area (Å²) in [7, 11) is -3.87. The third-order valence-corrected chi connectivity index (χ3v) is 5.96. The van der Waals surface area contributed by atoms with Crippen molar-refractivity contribution in [3.05, 3.63) is 88.9 Å². The minimum absolute atomic E-state index is 0.00677. The lowest BCUT2D eigenvalue weighted by Gasteiger charge is -2.11. The minimum atomic E-state index is -3.87. The maximum absolute atomic E-state index is 12.6. The van der Waals surface area contributed by atoms with Crippen LogP contribution in [0.2, 0.25) is 5.02 Å². The second kappa shape index (κ2) is 9.44. The van der Waals surface area contributed by atoms with Gasteiger partial charge >= 0.3 is 0 Å². The van der Waals surface area contributed by atoms with E-state index in [2.05, 4.69) is 10.0 Å². The Morgan fingerprint density at radius 3 is 2.43 bits per heavy atom. The van der Waals surface area contributed by atoms with E-state index < -0.39 is 10.0 Å². The monoisotopic (exact) mass is 439 g/mol. The molecule has 0 fully saturated rings. The van der Waals surface area contributed by atoms with Crippen LogP contribution in [0.15, 0.2) is 77.7 Å². The van der Waals surface area contributed by atoms with Crippen molar-refractivity contribution in [2.75, 3.05) is 10.0 Å². The first-order valence-corrected chi connectivity index (χ1v) is 10.9. The maximum atomic E-state index is 12.6. The van der Waals surface area contributed by atoms with Crippen LogP contribution in [-0.2, 0) is 21.2 Å². The number of anilines is 2. The van der Waals surface area contributed by atoms with E-state index in [0.29, 0.717) is 17.7 Å². The van der Waals surface area contributed by atoms with Gasteiger partial charge in [-0.1, -0.05) is 41.9 Å². The first-order chi connectivity index (χ1) is 14.4. The molecule has 0 radical (unpaired) electrons. The highest BCUT2D eigenvalue weighted by molar-refractivity contribution is 7.92. The average Bonchev–Trinajstić information content (AvgIpc) is 2.74. The van der Waals surface area contributed by atoms with E-state index in [-0.39, 0.29) is 27.9 Å². The topological polar surface area (TPSA) is 99.1 Å². The number of nitrogens with zero attached hydrogens (tertiary/aromatic N) is 1. The number of benzene rings is 3. The SMILES string of the molecule is N#Cc1ccc(CCC(=O)Nc2cccc(S(=O)(=O)Nc3ccccc3Cl)c2)cc1. The van der Waals surface area contributed by atoms with E-state index in [1.165, 1.54) is 12.1 Å². The molecule has 0 unspecified atom stereocenters. The smallest absolute Gasteiger partial charge is 0.262 e. The lowest BCUT2D eigenvalue weighted by Crippen LogP contribution is -2.15. The van der Waals surface area contributed by atoms with Crippen molar-refractivity contribution in [2.45, 2.75) is 17.7 Å².